The Balaban J connectivity index is 2.21. The number of nitrogens with zero attached hydrogens (tertiary/aromatic N) is 1. The predicted molar refractivity (Wildman–Crippen MR) is 73.7 cm³/mol. The van der Waals surface area contributed by atoms with Crippen molar-refractivity contribution in [2.45, 2.75) is 39.2 Å². The Morgan fingerprint density at radius 1 is 1.11 bits per heavy atom. The van der Waals surface area contributed by atoms with Crippen LogP contribution in [0.1, 0.15) is 38.7 Å². The maximum atomic E-state index is 11.8. The van der Waals surface area contributed by atoms with Crippen molar-refractivity contribution in [3.63, 3.8) is 0 Å². The van der Waals surface area contributed by atoms with Crippen LogP contribution in [0.25, 0.3) is 0 Å². The summed E-state index contributed by atoms with van der Waals surface area (Å²) in [5, 5.41) is 0. The molecule has 94 valence electrons. The van der Waals surface area contributed by atoms with E-state index < -0.39 is 0 Å². The zero-order valence-electron chi connectivity index (χ0n) is 11.2. The van der Waals surface area contributed by atoms with Crippen molar-refractivity contribution in [3.05, 3.63) is 41.6 Å². The van der Waals surface area contributed by atoms with Crippen LogP contribution in [0.2, 0.25) is 0 Å². The van der Waals surface area contributed by atoms with E-state index in [1.807, 2.05) is 6.08 Å². The van der Waals surface area contributed by atoms with Gasteiger partial charge in [-0.05, 0) is 24.5 Å². The molecule has 0 N–H and O–H groups in total. The van der Waals surface area contributed by atoms with Crippen molar-refractivity contribution in [1.29, 1.82) is 0 Å². The molecule has 0 spiro atoms. The molecular weight excluding hydrogens is 222 g/mol. The quantitative estimate of drug-likeness (QED) is 0.693. The van der Waals surface area contributed by atoms with Gasteiger partial charge in [-0.1, -0.05) is 32.0 Å². The van der Waals surface area contributed by atoms with E-state index >= 15 is 0 Å². The van der Waals surface area contributed by atoms with E-state index in [0.717, 1.165) is 0 Å². The average molecular weight is 241 g/mol. The number of carbonyl (C=O) groups is 1. The number of allylic oxidation sites excluding steroid dienone is 2. The lowest BCUT2D eigenvalue weighted by molar-refractivity contribution is -0.115. The zero-order chi connectivity index (χ0) is 12.9. The average Bonchev–Trinajstić information content (AvgIpc) is 2.35. The van der Waals surface area contributed by atoms with Gasteiger partial charge in [-0.15, -0.1) is 0 Å². The number of ketones is 1. The molecule has 0 aliphatic carbocycles. The lowest BCUT2D eigenvalue weighted by Gasteiger charge is -2.45. The molecule has 3 unspecified atom stereocenters. The summed E-state index contributed by atoms with van der Waals surface area (Å²) in [5.41, 5.74) is 3.89. The molecule has 2 nitrogen and oxygen atoms in total. The minimum atomic E-state index is 0.271. The van der Waals surface area contributed by atoms with Crippen molar-refractivity contribution in [2.75, 3.05) is 4.90 Å². The number of anilines is 1. The van der Waals surface area contributed by atoms with Crippen molar-refractivity contribution in [1.82, 2.24) is 0 Å². The number of benzene rings is 1. The van der Waals surface area contributed by atoms with E-state index in [0.29, 0.717) is 18.3 Å². The molecule has 0 saturated carbocycles. The van der Waals surface area contributed by atoms with E-state index in [1.165, 1.54) is 16.9 Å². The lowest BCUT2D eigenvalue weighted by Crippen LogP contribution is -2.43. The first kappa shape index (κ1) is 11.5. The number of hydrogen-bond donors (Lipinski definition) is 0. The summed E-state index contributed by atoms with van der Waals surface area (Å²) < 4.78 is 0. The summed E-state index contributed by atoms with van der Waals surface area (Å²) in [6, 6.07) is 8.86. The highest BCUT2D eigenvalue weighted by atomic mass is 16.1. The van der Waals surface area contributed by atoms with Crippen molar-refractivity contribution in [2.24, 2.45) is 5.92 Å². The van der Waals surface area contributed by atoms with Gasteiger partial charge in [0.2, 0.25) is 0 Å². The Hall–Kier alpha value is -1.57. The van der Waals surface area contributed by atoms with Crippen molar-refractivity contribution in [3.8, 4) is 0 Å². The fraction of sp³-hybridized carbons (Fsp3) is 0.438. The first-order valence-electron chi connectivity index (χ1n) is 6.72. The Morgan fingerprint density at radius 3 is 2.61 bits per heavy atom. The molecular formula is C16H19NO. The molecule has 18 heavy (non-hydrogen) atoms. The lowest BCUT2D eigenvalue weighted by atomic mass is 9.78. The molecule has 0 fully saturated rings. The van der Waals surface area contributed by atoms with E-state index in [9.17, 15) is 4.79 Å². The largest absolute Gasteiger partial charge is 0.341 e. The highest BCUT2D eigenvalue weighted by Crippen LogP contribution is 2.46. The Bertz CT molecular complexity index is 532. The van der Waals surface area contributed by atoms with Gasteiger partial charge in [0.15, 0.2) is 5.78 Å². The Labute approximate surface area is 108 Å². The first-order chi connectivity index (χ1) is 8.59. The highest BCUT2D eigenvalue weighted by molar-refractivity contribution is 5.94. The fourth-order valence-corrected chi connectivity index (χ4v) is 3.28. The van der Waals surface area contributed by atoms with Gasteiger partial charge in [-0.2, -0.15) is 0 Å². The third-order valence-electron chi connectivity index (χ3n) is 4.43. The standard InChI is InChI=1S/C16H19NO/c1-10-8-13(18)9-16-12(3)11(2)14-6-4-5-7-15(14)17(10)16/h4-7,9-12H,8H2,1-3H3. The number of fused-ring (bicyclic) bond motifs is 3. The monoisotopic (exact) mass is 241 g/mol. The topological polar surface area (TPSA) is 20.3 Å². The van der Waals surface area contributed by atoms with E-state index in [2.05, 4.69) is 49.9 Å². The van der Waals surface area contributed by atoms with Crippen molar-refractivity contribution >= 4 is 11.5 Å². The van der Waals surface area contributed by atoms with Gasteiger partial charge in [0.1, 0.15) is 0 Å². The van der Waals surface area contributed by atoms with Crippen LogP contribution < -0.4 is 4.90 Å². The molecule has 0 bridgehead atoms. The third-order valence-corrected chi connectivity index (χ3v) is 4.43. The van der Waals surface area contributed by atoms with Crippen LogP contribution >= 0.6 is 0 Å². The van der Waals surface area contributed by atoms with Gasteiger partial charge in [0.25, 0.3) is 0 Å². The van der Waals surface area contributed by atoms with E-state index in [4.69, 9.17) is 0 Å². The molecule has 0 amide bonds. The van der Waals surface area contributed by atoms with E-state index in [1.54, 1.807) is 0 Å². The minimum absolute atomic E-state index is 0.271. The smallest absolute Gasteiger partial charge is 0.159 e. The number of hydrogen-bond acceptors (Lipinski definition) is 2. The molecule has 0 saturated heterocycles. The van der Waals surface area contributed by atoms with Crippen LogP contribution in [0.4, 0.5) is 5.69 Å². The highest BCUT2D eigenvalue weighted by Gasteiger charge is 2.37. The second-order valence-electron chi connectivity index (χ2n) is 5.59. The van der Waals surface area contributed by atoms with Crippen LogP contribution in [0.15, 0.2) is 36.0 Å². The molecule has 0 aromatic heterocycles. The number of para-hydroxylation sites is 1. The second-order valence-corrected chi connectivity index (χ2v) is 5.59. The number of carbonyl (C=O) groups excluding carboxylic acids is 1. The van der Waals surface area contributed by atoms with E-state index in [-0.39, 0.29) is 11.8 Å². The predicted octanol–water partition coefficient (Wildman–Crippen LogP) is 3.49. The third kappa shape index (κ3) is 1.52. The van der Waals surface area contributed by atoms with Crippen LogP contribution in [0, 0.1) is 5.92 Å². The fourth-order valence-electron chi connectivity index (χ4n) is 3.28. The summed E-state index contributed by atoms with van der Waals surface area (Å²) in [5.74, 6) is 1.15. The molecule has 1 aromatic carbocycles. The summed E-state index contributed by atoms with van der Waals surface area (Å²) in [6.07, 6.45) is 2.48. The van der Waals surface area contributed by atoms with Gasteiger partial charge < -0.3 is 4.90 Å². The molecule has 2 heteroatoms. The second kappa shape index (κ2) is 3.98. The minimum Gasteiger partial charge on any atom is -0.341 e. The van der Waals surface area contributed by atoms with Gasteiger partial charge in [-0.25, -0.2) is 0 Å². The molecule has 2 aliphatic heterocycles. The van der Waals surface area contributed by atoms with Crippen molar-refractivity contribution < 1.29 is 4.79 Å². The van der Waals surface area contributed by atoms with Gasteiger partial charge >= 0.3 is 0 Å². The van der Waals surface area contributed by atoms with Crippen LogP contribution in [-0.2, 0) is 4.79 Å². The summed E-state index contributed by atoms with van der Waals surface area (Å²) in [4.78, 5) is 14.2. The molecule has 0 radical (unpaired) electrons. The first-order valence-corrected chi connectivity index (χ1v) is 6.72. The summed E-state index contributed by atoms with van der Waals surface area (Å²) >= 11 is 0. The number of rotatable bonds is 0. The van der Waals surface area contributed by atoms with Crippen LogP contribution in [0.3, 0.4) is 0 Å². The van der Waals surface area contributed by atoms with Crippen LogP contribution in [-0.4, -0.2) is 11.8 Å². The maximum absolute atomic E-state index is 11.8. The maximum Gasteiger partial charge on any atom is 0.159 e. The van der Waals surface area contributed by atoms with Gasteiger partial charge in [0, 0.05) is 35.8 Å². The van der Waals surface area contributed by atoms with Gasteiger partial charge in [0.05, 0.1) is 0 Å². The molecule has 3 atom stereocenters. The Kier molecular flexibility index (Phi) is 2.54. The molecule has 1 aromatic rings. The zero-order valence-corrected chi connectivity index (χ0v) is 11.2. The van der Waals surface area contributed by atoms with Crippen LogP contribution in [0.5, 0.6) is 0 Å². The normalized spacial score (nSPS) is 30.6. The summed E-state index contributed by atoms with van der Waals surface area (Å²) in [7, 11) is 0. The molecule has 3 rings (SSSR count). The molecule has 2 heterocycles. The summed E-state index contributed by atoms with van der Waals surface area (Å²) in [6.45, 7) is 6.63. The van der Waals surface area contributed by atoms with Gasteiger partial charge in [-0.3, -0.25) is 4.79 Å². The SMILES string of the molecule is CC1C2=CC(=O)CC(C)N2c2ccccc2C1C. The molecule has 2 aliphatic rings. The Morgan fingerprint density at radius 2 is 1.83 bits per heavy atom.